The molecule has 0 saturated heterocycles. The third-order valence-electron chi connectivity index (χ3n) is 2.60. The lowest BCUT2D eigenvalue weighted by Crippen LogP contribution is -2.42. The molecule has 0 aliphatic carbocycles. The Bertz CT molecular complexity index is 620. The van der Waals surface area contributed by atoms with Crippen LogP contribution in [0.25, 0.3) is 10.4 Å². The second-order valence-electron chi connectivity index (χ2n) is 3.98. The lowest BCUT2D eigenvalue weighted by atomic mass is 10.1. The summed E-state index contributed by atoms with van der Waals surface area (Å²) in [6, 6.07) is 2.88. The Morgan fingerprint density at radius 2 is 2.16 bits per heavy atom. The first kappa shape index (κ1) is 13.6. The van der Waals surface area contributed by atoms with E-state index in [9.17, 15) is 9.59 Å². The van der Waals surface area contributed by atoms with Crippen LogP contribution in [0.2, 0.25) is 4.34 Å². The highest BCUT2D eigenvalue weighted by molar-refractivity contribution is 7.19. The highest BCUT2D eigenvalue weighted by atomic mass is 35.5. The maximum Gasteiger partial charge on any atom is 0.254 e. The molecule has 100 valence electrons. The fraction of sp³-hybridized carbons (Fsp3) is 0.167. The van der Waals surface area contributed by atoms with Gasteiger partial charge in [0.2, 0.25) is 5.91 Å². The lowest BCUT2D eigenvalue weighted by Gasteiger charge is -2.10. The largest absolute Gasteiger partial charge is 0.368 e. The van der Waals surface area contributed by atoms with E-state index in [1.807, 2.05) is 6.07 Å². The molecule has 0 fully saturated rings. The van der Waals surface area contributed by atoms with Gasteiger partial charge in [-0.1, -0.05) is 11.6 Å². The standard InChI is InChI=1S/C12H12ClN3O2S/c1-6(11(14)17)16-12(18)8-5-15-4-7(8)9-2-3-10(13)19-9/h2-6,15H,1H3,(H2,14,17)(H,16,18)/t6-/m1/s1. The van der Waals surface area contributed by atoms with Crippen molar-refractivity contribution in [3.63, 3.8) is 0 Å². The minimum absolute atomic E-state index is 0.355. The first-order valence-electron chi connectivity index (χ1n) is 5.51. The molecule has 0 spiro atoms. The molecule has 0 unspecified atom stereocenters. The summed E-state index contributed by atoms with van der Waals surface area (Å²) in [6.45, 7) is 1.54. The van der Waals surface area contributed by atoms with Crippen molar-refractivity contribution in [2.24, 2.45) is 5.73 Å². The van der Waals surface area contributed by atoms with E-state index in [2.05, 4.69) is 10.3 Å². The van der Waals surface area contributed by atoms with Crippen LogP contribution in [0.1, 0.15) is 17.3 Å². The number of amides is 2. The number of primary amides is 1. The molecular formula is C12H12ClN3O2S. The molecule has 2 aromatic rings. The predicted molar refractivity (Wildman–Crippen MR) is 75.2 cm³/mol. The molecule has 2 heterocycles. The van der Waals surface area contributed by atoms with Crippen LogP contribution in [0, 0.1) is 0 Å². The molecule has 2 aromatic heterocycles. The number of carbonyl (C=O) groups is 2. The van der Waals surface area contributed by atoms with Crippen LogP contribution in [0.4, 0.5) is 0 Å². The number of nitrogens with two attached hydrogens (primary N) is 1. The van der Waals surface area contributed by atoms with Crippen molar-refractivity contribution in [2.75, 3.05) is 0 Å². The molecule has 0 bridgehead atoms. The van der Waals surface area contributed by atoms with Gasteiger partial charge in [-0.05, 0) is 19.1 Å². The van der Waals surface area contributed by atoms with Gasteiger partial charge in [-0.15, -0.1) is 11.3 Å². The molecule has 7 heteroatoms. The van der Waals surface area contributed by atoms with E-state index in [0.29, 0.717) is 9.90 Å². The lowest BCUT2D eigenvalue weighted by molar-refractivity contribution is -0.119. The van der Waals surface area contributed by atoms with E-state index in [4.69, 9.17) is 17.3 Å². The van der Waals surface area contributed by atoms with Crippen molar-refractivity contribution in [2.45, 2.75) is 13.0 Å². The van der Waals surface area contributed by atoms with Gasteiger partial charge >= 0.3 is 0 Å². The molecule has 0 aliphatic rings. The van der Waals surface area contributed by atoms with Crippen LogP contribution >= 0.6 is 22.9 Å². The summed E-state index contributed by atoms with van der Waals surface area (Å²) in [5, 5.41) is 2.54. The maximum absolute atomic E-state index is 12.1. The van der Waals surface area contributed by atoms with Crippen molar-refractivity contribution in [3.8, 4) is 10.4 Å². The number of carbonyl (C=O) groups excluding carboxylic acids is 2. The van der Waals surface area contributed by atoms with Crippen LogP contribution in [-0.2, 0) is 4.79 Å². The number of halogens is 1. The average Bonchev–Trinajstić information content (AvgIpc) is 2.96. The Hall–Kier alpha value is -1.79. The second kappa shape index (κ2) is 5.46. The van der Waals surface area contributed by atoms with Crippen LogP contribution in [0.3, 0.4) is 0 Å². The third kappa shape index (κ3) is 2.97. The molecule has 0 saturated carbocycles. The molecule has 0 aromatic carbocycles. The van der Waals surface area contributed by atoms with Crippen molar-refractivity contribution < 1.29 is 9.59 Å². The van der Waals surface area contributed by atoms with Gasteiger partial charge in [0.1, 0.15) is 6.04 Å². The normalized spacial score (nSPS) is 12.1. The van der Waals surface area contributed by atoms with Gasteiger partial charge in [-0.2, -0.15) is 0 Å². The van der Waals surface area contributed by atoms with E-state index in [1.54, 1.807) is 18.5 Å². The van der Waals surface area contributed by atoms with Gasteiger partial charge in [0, 0.05) is 22.8 Å². The average molecular weight is 298 g/mol. The maximum atomic E-state index is 12.1. The van der Waals surface area contributed by atoms with E-state index >= 15 is 0 Å². The highest BCUT2D eigenvalue weighted by Crippen LogP contribution is 2.32. The van der Waals surface area contributed by atoms with Gasteiger partial charge in [0.05, 0.1) is 9.90 Å². The number of aromatic nitrogens is 1. The van der Waals surface area contributed by atoms with Gasteiger partial charge in [0.15, 0.2) is 0 Å². The summed E-state index contributed by atoms with van der Waals surface area (Å²) in [6.07, 6.45) is 3.29. The molecule has 4 N–H and O–H groups in total. The first-order chi connectivity index (χ1) is 8.99. The van der Waals surface area contributed by atoms with E-state index in [1.165, 1.54) is 18.3 Å². The van der Waals surface area contributed by atoms with Crippen LogP contribution in [-0.4, -0.2) is 22.8 Å². The molecule has 5 nitrogen and oxygen atoms in total. The molecule has 2 rings (SSSR count). The summed E-state index contributed by atoms with van der Waals surface area (Å²) < 4.78 is 0.646. The summed E-state index contributed by atoms with van der Waals surface area (Å²) in [4.78, 5) is 26.8. The molecule has 19 heavy (non-hydrogen) atoms. The van der Waals surface area contributed by atoms with Gasteiger partial charge in [0.25, 0.3) is 5.91 Å². The highest BCUT2D eigenvalue weighted by Gasteiger charge is 2.18. The minimum atomic E-state index is -0.720. The SMILES string of the molecule is C[C@@H](NC(=O)c1c[nH]cc1-c1ccc(Cl)s1)C(N)=O. The van der Waals surface area contributed by atoms with Crippen molar-refractivity contribution in [3.05, 3.63) is 34.4 Å². The number of thiophene rings is 1. The van der Waals surface area contributed by atoms with Gasteiger partial charge in [-0.25, -0.2) is 0 Å². The van der Waals surface area contributed by atoms with Crippen molar-refractivity contribution >= 4 is 34.8 Å². The van der Waals surface area contributed by atoms with Gasteiger partial charge in [-0.3, -0.25) is 9.59 Å². The van der Waals surface area contributed by atoms with Crippen LogP contribution in [0.15, 0.2) is 24.5 Å². The minimum Gasteiger partial charge on any atom is -0.368 e. The monoisotopic (exact) mass is 297 g/mol. The Morgan fingerprint density at radius 3 is 2.74 bits per heavy atom. The number of rotatable bonds is 4. The number of hydrogen-bond acceptors (Lipinski definition) is 3. The molecule has 0 radical (unpaired) electrons. The Balaban J connectivity index is 2.25. The zero-order chi connectivity index (χ0) is 14.0. The zero-order valence-corrected chi connectivity index (χ0v) is 11.6. The smallest absolute Gasteiger partial charge is 0.254 e. The number of nitrogens with one attached hydrogen (secondary N) is 2. The number of hydrogen-bond donors (Lipinski definition) is 3. The van der Waals surface area contributed by atoms with Crippen molar-refractivity contribution in [1.82, 2.24) is 10.3 Å². The zero-order valence-electron chi connectivity index (χ0n) is 10.1. The molecular weight excluding hydrogens is 286 g/mol. The quantitative estimate of drug-likeness (QED) is 0.806. The third-order valence-corrected chi connectivity index (χ3v) is 3.87. The van der Waals surface area contributed by atoms with E-state index in [-0.39, 0.29) is 5.91 Å². The summed E-state index contributed by atoms with van der Waals surface area (Å²) in [5.41, 5.74) is 6.31. The first-order valence-corrected chi connectivity index (χ1v) is 6.71. The van der Waals surface area contributed by atoms with Crippen LogP contribution < -0.4 is 11.1 Å². The summed E-state index contributed by atoms with van der Waals surface area (Å²) >= 11 is 7.26. The van der Waals surface area contributed by atoms with Crippen molar-refractivity contribution in [1.29, 1.82) is 0 Å². The fourth-order valence-corrected chi connectivity index (χ4v) is 2.63. The Morgan fingerprint density at radius 1 is 1.42 bits per heavy atom. The van der Waals surface area contributed by atoms with Gasteiger partial charge < -0.3 is 16.0 Å². The van der Waals surface area contributed by atoms with E-state index in [0.717, 1.165) is 10.4 Å². The Labute approximate surface area is 118 Å². The predicted octanol–water partition coefficient (Wildman–Crippen LogP) is 2.00. The fourth-order valence-electron chi connectivity index (χ4n) is 1.56. The van der Waals surface area contributed by atoms with Crippen LogP contribution in [0.5, 0.6) is 0 Å². The topological polar surface area (TPSA) is 88.0 Å². The summed E-state index contributed by atoms with van der Waals surface area (Å²) in [5.74, 6) is -0.934. The molecule has 0 aliphatic heterocycles. The summed E-state index contributed by atoms with van der Waals surface area (Å²) in [7, 11) is 0. The number of H-pyrrole nitrogens is 1. The molecule has 2 amide bonds. The Kier molecular flexibility index (Phi) is 3.92. The van der Waals surface area contributed by atoms with E-state index < -0.39 is 11.9 Å². The second-order valence-corrected chi connectivity index (χ2v) is 5.70. The molecule has 1 atom stereocenters. The number of aromatic amines is 1.